The van der Waals surface area contributed by atoms with Crippen molar-refractivity contribution in [3.05, 3.63) is 11.6 Å². The maximum atomic E-state index is 12.9. The number of hydrogen-bond donors (Lipinski definition) is 3. The fourth-order valence-corrected chi connectivity index (χ4v) is 7.66. The van der Waals surface area contributed by atoms with Crippen LogP contribution in [0.3, 0.4) is 0 Å². The number of esters is 1. The summed E-state index contributed by atoms with van der Waals surface area (Å²) >= 11 is 0. The van der Waals surface area contributed by atoms with E-state index < -0.39 is 6.10 Å². The summed E-state index contributed by atoms with van der Waals surface area (Å²) in [6, 6.07) is 0.874. The molecule has 5 rings (SSSR count). The lowest BCUT2D eigenvalue weighted by Gasteiger charge is -2.51. The van der Waals surface area contributed by atoms with E-state index in [2.05, 4.69) is 19.9 Å². The van der Waals surface area contributed by atoms with Gasteiger partial charge in [-0.3, -0.25) is 4.79 Å². The van der Waals surface area contributed by atoms with Gasteiger partial charge in [0.1, 0.15) is 38.2 Å². The topological polar surface area (TPSA) is 55.4 Å². The van der Waals surface area contributed by atoms with Gasteiger partial charge in [0.2, 0.25) is 0 Å². The van der Waals surface area contributed by atoms with E-state index >= 15 is 0 Å². The number of aliphatic hydroxyl groups excluding tert-OH is 1. The van der Waals surface area contributed by atoms with Crippen LogP contribution in [0.4, 0.5) is 0 Å². The van der Waals surface area contributed by atoms with Crippen molar-refractivity contribution in [1.29, 1.82) is 0 Å². The van der Waals surface area contributed by atoms with Gasteiger partial charge in [0.25, 0.3) is 0 Å². The van der Waals surface area contributed by atoms with Gasteiger partial charge in [0.05, 0.1) is 18.7 Å². The van der Waals surface area contributed by atoms with Gasteiger partial charge in [-0.2, -0.15) is 0 Å². The third kappa shape index (κ3) is 3.45. The number of hydrogen-bond acceptors (Lipinski definition) is 3. The molecule has 0 aromatic carbocycles. The predicted molar refractivity (Wildman–Crippen MR) is 115 cm³/mol. The molecular formula is C25H42N2O3+2. The quantitative estimate of drug-likeness (QED) is 0.459. The molecule has 30 heavy (non-hydrogen) atoms. The summed E-state index contributed by atoms with van der Waals surface area (Å²) in [5.74, 6) is 0.244. The van der Waals surface area contributed by atoms with Crippen LogP contribution < -0.4 is 9.80 Å². The standard InChI is InChI=1S/C25H40N2O3/c1-17-7-6-8-18-15-21-22(23(28)25(17,18)2)20(24(29)30-21)16-26-11-13-27(14-12-26)19-9-4-3-5-10-19/h8,17,19-23,28H,3-7,9-16H2,1-2H3/p+2/t17-,20-,21+,22+,23-,25+/m0/s1. The number of carbonyl (C=O) groups is 1. The van der Waals surface area contributed by atoms with Gasteiger partial charge < -0.3 is 19.6 Å². The second-order valence-corrected chi connectivity index (χ2v) is 11.2. The maximum Gasteiger partial charge on any atom is 0.315 e. The Morgan fingerprint density at radius 2 is 1.87 bits per heavy atom. The molecule has 3 aliphatic carbocycles. The molecule has 0 bridgehead atoms. The minimum Gasteiger partial charge on any atom is -0.461 e. The van der Waals surface area contributed by atoms with E-state index in [0.29, 0.717) is 5.92 Å². The molecule has 2 saturated heterocycles. The van der Waals surface area contributed by atoms with Crippen LogP contribution in [0, 0.1) is 23.2 Å². The van der Waals surface area contributed by atoms with Crippen LogP contribution in [0.1, 0.15) is 65.2 Å². The van der Waals surface area contributed by atoms with Gasteiger partial charge in [-0.15, -0.1) is 0 Å². The predicted octanol–water partition coefficient (Wildman–Crippen LogP) is 0.388. The summed E-state index contributed by atoms with van der Waals surface area (Å²) in [6.07, 6.45) is 11.8. The van der Waals surface area contributed by atoms with Crippen molar-refractivity contribution in [1.82, 2.24) is 0 Å². The van der Waals surface area contributed by atoms with Crippen molar-refractivity contribution in [2.45, 2.75) is 83.5 Å². The van der Waals surface area contributed by atoms with Gasteiger partial charge in [-0.05, 0) is 44.4 Å². The van der Waals surface area contributed by atoms with E-state index in [4.69, 9.17) is 4.74 Å². The van der Waals surface area contributed by atoms with Crippen molar-refractivity contribution >= 4 is 5.97 Å². The molecule has 0 spiro atoms. The first-order chi connectivity index (χ1) is 14.5. The Balaban J connectivity index is 1.25. The smallest absolute Gasteiger partial charge is 0.315 e. The van der Waals surface area contributed by atoms with E-state index in [-0.39, 0.29) is 29.3 Å². The Morgan fingerprint density at radius 3 is 2.60 bits per heavy atom. The van der Waals surface area contributed by atoms with Crippen LogP contribution in [0.15, 0.2) is 11.6 Å². The average molecular weight is 419 g/mol. The Morgan fingerprint density at radius 1 is 1.13 bits per heavy atom. The third-order valence-corrected chi connectivity index (χ3v) is 9.86. The van der Waals surface area contributed by atoms with E-state index in [9.17, 15) is 9.90 Å². The zero-order valence-corrected chi connectivity index (χ0v) is 19.0. The number of ether oxygens (including phenoxy) is 1. The molecule has 4 fully saturated rings. The van der Waals surface area contributed by atoms with Crippen LogP contribution in [0.5, 0.6) is 0 Å². The van der Waals surface area contributed by atoms with Gasteiger partial charge in [0, 0.05) is 17.8 Å². The summed E-state index contributed by atoms with van der Waals surface area (Å²) in [7, 11) is 0. The number of aliphatic hydroxyl groups is 1. The molecule has 0 aromatic rings. The van der Waals surface area contributed by atoms with Crippen molar-refractivity contribution in [2.75, 3.05) is 32.7 Å². The molecule has 6 atom stereocenters. The summed E-state index contributed by atoms with van der Waals surface area (Å²) in [5.41, 5.74) is 1.14. The minimum absolute atomic E-state index is 0.0311. The van der Waals surface area contributed by atoms with E-state index in [0.717, 1.165) is 44.9 Å². The number of piperazine rings is 1. The van der Waals surface area contributed by atoms with Crippen molar-refractivity contribution in [3.63, 3.8) is 0 Å². The van der Waals surface area contributed by atoms with Crippen molar-refractivity contribution in [2.24, 2.45) is 23.2 Å². The highest BCUT2D eigenvalue weighted by atomic mass is 16.6. The summed E-state index contributed by atoms with van der Waals surface area (Å²) < 4.78 is 5.88. The third-order valence-electron chi connectivity index (χ3n) is 9.86. The van der Waals surface area contributed by atoms with Gasteiger partial charge in [0.15, 0.2) is 0 Å². The van der Waals surface area contributed by atoms with Crippen LogP contribution in [0.25, 0.3) is 0 Å². The molecule has 0 amide bonds. The Hall–Kier alpha value is -0.910. The van der Waals surface area contributed by atoms with Crippen molar-refractivity contribution in [3.8, 4) is 0 Å². The minimum atomic E-state index is -0.470. The maximum absolute atomic E-state index is 12.9. The van der Waals surface area contributed by atoms with Gasteiger partial charge in [-0.25, -0.2) is 0 Å². The zero-order valence-electron chi connectivity index (χ0n) is 19.0. The highest BCUT2D eigenvalue weighted by Gasteiger charge is 2.60. The fourth-order valence-electron chi connectivity index (χ4n) is 7.66. The number of carbonyl (C=O) groups excluding carboxylic acids is 1. The zero-order chi connectivity index (χ0) is 20.9. The van der Waals surface area contributed by atoms with Crippen molar-refractivity contribution < 1.29 is 24.4 Å². The first-order valence-electron chi connectivity index (χ1n) is 12.7. The Bertz CT molecular complexity index is 680. The number of rotatable bonds is 3. The highest BCUT2D eigenvalue weighted by molar-refractivity contribution is 5.76. The Labute approximate surface area is 181 Å². The first-order valence-corrected chi connectivity index (χ1v) is 12.7. The molecule has 3 N–H and O–H groups in total. The molecular weight excluding hydrogens is 376 g/mol. The molecule has 168 valence electrons. The lowest BCUT2D eigenvalue weighted by Crippen LogP contribution is -3.30. The second-order valence-electron chi connectivity index (χ2n) is 11.2. The highest BCUT2D eigenvalue weighted by Crippen LogP contribution is 2.55. The SMILES string of the molecule is C[C@H]1CCC=C2C[C@H]3OC(=O)[C@@H](C[NH+]4CC[NH+](C5CCCCC5)CC4)[C@H]3[C@H](O)[C@@]21C. The van der Waals surface area contributed by atoms with Crippen LogP contribution in [-0.4, -0.2) is 62.0 Å². The van der Waals surface area contributed by atoms with E-state index in [1.165, 1.54) is 50.8 Å². The molecule has 0 aromatic heterocycles. The molecule has 2 aliphatic heterocycles. The number of fused-ring (bicyclic) bond motifs is 2. The summed E-state index contributed by atoms with van der Waals surface area (Å²) in [6.45, 7) is 10.1. The lowest BCUT2D eigenvalue weighted by molar-refractivity contribution is -1.02. The van der Waals surface area contributed by atoms with Crippen LogP contribution >= 0.6 is 0 Å². The second kappa shape index (κ2) is 8.22. The van der Waals surface area contributed by atoms with Crippen LogP contribution in [0.2, 0.25) is 0 Å². The van der Waals surface area contributed by atoms with E-state index in [1.807, 2.05) is 0 Å². The molecule has 2 heterocycles. The summed E-state index contributed by atoms with van der Waals surface area (Å²) in [5, 5.41) is 11.5. The Kier molecular flexibility index (Phi) is 5.74. The number of allylic oxidation sites excluding steroid dienone is 1. The number of quaternary nitrogens is 2. The first kappa shape index (κ1) is 21.0. The average Bonchev–Trinajstić information content (AvgIpc) is 3.07. The van der Waals surface area contributed by atoms with Gasteiger partial charge >= 0.3 is 5.97 Å². The van der Waals surface area contributed by atoms with Gasteiger partial charge in [-0.1, -0.05) is 31.9 Å². The molecule has 0 radical (unpaired) electrons. The molecule has 5 aliphatic rings. The van der Waals surface area contributed by atoms with Crippen LogP contribution in [-0.2, 0) is 9.53 Å². The van der Waals surface area contributed by atoms with E-state index in [1.54, 1.807) is 9.80 Å². The molecule has 2 saturated carbocycles. The molecule has 5 heteroatoms. The lowest BCUT2D eigenvalue weighted by atomic mass is 9.55. The largest absolute Gasteiger partial charge is 0.461 e. The summed E-state index contributed by atoms with van der Waals surface area (Å²) in [4.78, 5) is 16.2. The molecule has 5 nitrogen and oxygen atoms in total. The number of nitrogens with one attached hydrogen (secondary N) is 2. The molecule has 0 unspecified atom stereocenters. The normalized spacial score (nSPS) is 47.2. The fraction of sp³-hybridized carbons (Fsp3) is 0.880. The monoisotopic (exact) mass is 418 g/mol.